The third kappa shape index (κ3) is 3.99. The van der Waals surface area contributed by atoms with Crippen molar-refractivity contribution < 1.29 is 0 Å². The number of fused-ring (bicyclic) bond motifs is 8. The second-order valence-electron chi connectivity index (χ2n) is 12.4. The molecule has 2 aromatic heterocycles. The van der Waals surface area contributed by atoms with Crippen LogP contribution in [-0.4, -0.2) is 14.8 Å². The van der Waals surface area contributed by atoms with Gasteiger partial charge < -0.3 is 9.88 Å². The Balaban J connectivity index is 1.27. The van der Waals surface area contributed by atoms with E-state index in [1.54, 1.807) is 0 Å². The zero-order chi connectivity index (χ0) is 31.6. The van der Waals surface area contributed by atoms with Crippen molar-refractivity contribution in [1.82, 2.24) is 9.13 Å². The Hall–Kier alpha value is -6.39. The van der Waals surface area contributed by atoms with Crippen LogP contribution in [-0.2, 0) is 0 Å². The largest absolute Gasteiger partial charge is 0.346 e. The number of aliphatic imine (C=N–C) groups is 1. The number of nitrogens with zero attached hydrogens (tertiary/aromatic N) is 3. The number of nitrogens with one attached hydrogen (secondary N) is 1. The third-order valence-electron chi connectivity index (χ3n) is 9.75. The first-order valence-electron chi connectivity index (χ1n) is 16.4. The van der Waals surface area contributed by atoms with Gasteiger partial charge in [0.05, 0.1) is 27.8 Å². The van der Waals surface area contributed by atoms with Gasteiger partial charge in [0.25, 0.3) is 0 Å². The Morgan fingerprint density at radius 2 is 1.00 bits per heavy atom. The molecule has 1 aliphatic heterocycles. The van der Waals surface area contributed by atoms with E-state index in [4.69, 9.17) is 4.99 Å². The molecule has 3 heterocycles. The lowest BCUT2D eigenvalue weighted by atomic mass is 9.96. The second-order valence-corrected chi connectivity index (χ2v) is 12.4. The molecule has 1 N–H and O–H groups in total. The van der Waals surface area contributed by atoms with Gasteiger partial charge in [-0.15, -0.1) is 0 Å². The van der Waals surface area contributed by atoms with Crippen LogP contribution in [0.4, 0.5) is 5.69 Å². The molecule has 48 heavy (non-hydrogen) atoms. The van der Waals surface area contributed by atoms with Gasteiger partial charge >= 0.3 is 0 Å². The number of hydrogen-bond donors (Lipinski definition) is 1. The molecule has 4 nitrogen and oxygen atoms in total. The molecule has 1 unspecified atom stereocenters. The van der Waals surface area contributed by atoms with Crippen LogP contribution in [0, 0.1) is 0 Å². The Labute approximate surface area is 277 Å². The zero-order valence-electron chi connectivity index (χ0n) is 26.1. The molecule has 0 bridgehead atoms. The molecule has 0 radical (unpaired) electrons. The molecular weight excluding hydrogens is 585 g/mol. The highest BCUT2D eigenvalue weighted by Gasteiger charge is 2.27. The molecule has 0 aliphatic carbocycles. The van der Waals surface area contributed by atoms with Crippen LogP contribution in [0.15, 0.2) is 175 Å². The van der Waals surface area contributed by atoms with E-state index in [1.165, 1.54) is 43.7 Å². The maximum atomic E-state index is 5.56. The van der Waals surface area contributed by atoms with Crippen molar-refractivity contribution in [2.24, 2.45) is 4.99 Å². The van der Waals surface area contributed by atoms with Crippen LogP contribution >= 0.6 is 0 Å². The fourth-order valence-corrected chi connectivity index (χ4v) is 7.61. The van der Waals surface area contributed by atoms with E-state index in [0.29, 0.717) is 0 Å². The molecule has 0 spiro atoms. The zero-order valence-corrected chi connectivity index (χ0v) is 26.1. The molecule has 0 amide bonds. The Kier molecular flexibility index (Phi) is 5.90. The van der Waals surface area contributed by atoms with Gasteiger partial charge in [-0.2, -0.15) is 0 Å². The summed E-state index contributed by atoms with van der Waals surface area (Å²) in [6.45, 7) is 0. The molecule has 4 heteroatoms. The van der Waals surface area contributed by atoms with Crippen LogP contribution in [0.3, 0.4) is 0 Å². The molecule has 10 rings (SSSR count). The fraction of sp³-hybridized carbons (Fsp3) is 0.0227. The minimum atomic E-state index is -0.376. The van der Waals surface area contributed by atoms with Gasteiger partial charge in [-0.3, -0.25) is 4.57 Å². The second kappa shape index (κ2) is 10.6. The molecule has 1 atom stereocenters. The smallest absolute Gasteiger partial charge is 0.201 e. The summed E-state index contributed by atoms with van der Waals surface area (Å²) < 4.78 is 4.84. The van der Waals surface area contributed by atoms with E-state index in [-0.39, 0.29) is 6.29 Å². The Morgan fingerprint density at radius 3 is 1.77 bits per heavy atom. The van der Waals surface area contributed by atoms with Crippen LogP contribution in [0.1, 0.15) is 17.4 Å². The van der Waals surface area contributed by atoms with Crippen molar-refractivity contribution in [1.29, 1.82) is 0 Å². The van der Waals surface area contributed by atoms with Crippen molar-refractivity contribution in [2.75, 3.05) is 5.32 Å². The van der Waals surface area contributed by atoms with E-state index in [0.717, 1.165) is 39.2 Å². The molecule has 9 aromatic rings. The van der Waals surface area contributed by atoms with Crippen molar-refractivity contribution in [3.8, 4) is 16.8 Å². The topological polar surface area (TPSA) is 34.2 Å². The lowest BCUT2D eigenvalue weighted by Gasteiger charge is -2.28. The highest BCUT2D eigenvalue weighted by atomic mass is 15.3. The van der Waals surface area contributed by atoms with Crippen LogP contribution in [0.5, 0.6) is 0 Å². The van der Waals surface area contributed by atoms with Gasteiger partial charge in [-0.05, 0) is 41.5 Å². The lowest BCUT2D eigenvalue weighted by molar-refractivity contribution is 0.625. The predicted octanol–water partition coefficient (Wildman–Crippen LogP) is 11.0. The molecular formula is C44H30N4. The Morgan fingerprint density at radius 1 is 0.438 bits per heavy atom. The summed E-state index contributed by atoms with van der Waals surface area (Å²) in [5, 5.41) is 8.73. The van der Waals surface area contributed by atoms with Crippen LogP contribution < -0.4 is 5.32 Å². The number of anilines is 1. The average Bonchev–Trinajstić information content (AvgIpc) is 3.68. The first-order valence-corrected chi connectivity index (χ1v) is 16.4. The minimum absolute atomic E-state index is 0.376. The maximum Gasteiger partial charge on any atom is 0.201 e. The van der Waals surface area contributed by atoms with Gasteiger partial charge in [-0.25, -0.2) is 4.99 Å². The highest BCUT2D eigenvalue weighted by molar-refractivity contribution is 6.23. The molecule has 0 saturated heterocycles. The summed E-state index contributed by atoms with van der Waals surface area (Å²) in [7, 11) is 0. The fourth-order valence-electron chi connectivity index (χ4n) is 7.61. The summed E-state index contributed by atoms with van der Waals surface area (Å²) in [6.07, 6.45) is -0.376. The average molecular weight is 615 g/mol. The maximum absolute atomic E-state index is 5.56. The summed E-state index contributed by atoms with van der Waals surface area (Å²) in [5.74, 6) is 0. The summed E-state index contributed by atoms with van der Waals surface area (Å²) in [5.41, 5.74) is 12.5. The highest BCUT2D eigenvalue weighted by Crippen LogP contribution is 2.43. The molecule has 226 valence electrons. The van der Waals surface area contributed by atoms with Gasteiger partial charge in [0.15, 0.2) is 0 Å². The van der Waals surface area contributed by atoms with Gasteiger partial charge in [0.2, 0.25) is 6.29 Å². The number of benzene rings is 7. The molecule has 1 aliphatic rings. The standard InChI is InChI=1S/C44H30N4/c1-3-13-29(14-4-1)30-23-25-31(26-24-30)41-37-19-7-10-20-38(37)45-44(46-41)48-40-22-12-9-18-34(40)36-28-27-35-33-17-8-11-21-39(33)47(42(35)43(36)48)32-15-5-2-6-16-32/h1-28,44-45H. The normalized spacial score (nSPS) is 14.3. The third-order valence-corrected chi connectivity index (χ3v) is 9.75. The molecule has 0 fully saturated rings. The SMILES string of the molecule is c1ccc(-c2ccc(C3=NC(n4c5ccccc5c5ccc6c7ccccc7n(-c7ccccc7)c6c54)Nc4ccccc43)cc2)cc1. The monoisotopic (exact) mass is 614 g/mol. The van der Waals surface area contributed by atoms with Crippen molar-refractivity contribution in [3.63, 3.8) is 0 Å². The van der Waals surface area contributed by atoms with E-state index < -0.39 is 0 Å². The van der Waals surface area contributed by atoms with E-state index in [1.807, 2.05) is 0 Å². The number of para-hydroxylation sites is 4. The first-order chi connectivity index (χ1) is 23.8. The number of hydrogen-bond acceptors (Lipinski definition) is 2. The minimum Gasteiger partial charge on any atom is -0.346 e. The van der Waals surface area contributed by atoms with Gasteiger partial charge in [0.1, 0.15) is 0 Å². The molecule has 0 saturated carbocycles. The van der Waals surface area contributed by atoms with Gasteiger partial charge in [-0.1, -0.05) is 140 Å². The first kappa shape index (κ1) is 26.8. The lowest BCUT2D eigenvalue weighted by Crippen LogP contribution is -2.25. The van der Waals surface area contributed by atoms with E-state index >= 15 is 0 Å². The van der Waals surface area contributed by atoms with Gasteiger partial charge in [0, 0.05) is 44.0 Å². The summed E-state index contributed by atoms with van der Waals surface area (Å²) >= 11 is 0. The number of aromatic nitrogens is 2. The molecule has 7 aromatic carbocycles. The van der Waals surface area contributed by atoms with Crippen molar-refractivity contribution >= 4 is 55.0 Å². The van der Waals surface area contributed by atoms with Crippen LogP contribution in [0.25, 0.3) is 60.4 Å². The van der Waals surface area contributed by atoms with Crippen molar-refractivity contribution in [2.45, 2.75) is 6.29 Å². The Bertz CT molecular complexity index is 2680. The summed E-state index contributed by atoms with van der Waals surface area (Å²) in [4.78, 5) is 5.56. The van der Waals surface area contributed by atoms with Crippen molar-refractivity contribution in [3.05, 3.63) is 181 Å². The number of rotatable bonds is 4. The van der Waals surface area contributed by atoms with Crippen LogP contribution in [0.2, 0.25) is 0 Å². The van der Waals surface area contributed by atoms with E-state index in [9.17, 15) is 0 Å². The summed E-state index contributed by atoms with van der Waals surface area (Å²) in [6, 6.07) is 60.6. The quantitative estimate of drug-likeness (QED) is 0.210. The van der Waals surface area contributed by atoms with E-state index in [2.05, 4.69) is 184 Å². The predicted molar refractivity (Wildman–Crippen MR) is 200 cm³/mol.